The lowest BCUT2D eigenvalue weighted by Gasteiger charge is -2.40. The van der Waals surface area contributed by atoms with Gasteiger partial charge in [0.15, 0.2) is 0 Å². The number of halogens is 1. The molecule has 1 aliphatic heterocycles. The van der Waals surface area contributed by atoms with Crippen LogP contribution in [0.15, 0.2) is 0 Å². The van der Waals surface area contributed by atoms with Gasteiger partial charge in [0.05, 0.1) is 0 Å². The van der Waals surface area contributed by atoms with Gasteiger partial charge in [-0.15, -0.1) is 12.4 Å². The zero-order valence-electron chi connectivity index (χ0n) is 14.7. The molecule has 1 saturated carbocycles. The maximum absolute atomic E-state index is 12.8. The molecule has 0 amide bonds. The second-order valence-corrected chi connectivity index (χ2v) is 9.47. The Morgan fingerprint density at radius 2 is 1.61 bits per heavy atom. The van der Waals surface area contributed by atoms with Crippen LogP contribution in [-0.4, -0.2) is 73.3 Å². The third-order valence-corrected chi connectivity index (χ3v) is 6.79. The predicted octanol–water partition coefficient (Wildman–Crippen LogP) is 1.27. The molecule has 0 radical (unpaired) electrons. The fourth-order valence-electron chi connectivity index (χ4n) is 3.51. The van der Waals surface area contributed by atoms with E-state index in [-0.39, 0.29) is 24.0 Å². The molecule has 0 bridgehead atoms. The molecule has 2 rings (SSSR count). The summed E-state index contributed by atoms with van der Waals surface area (Å²) >= 11 is 0. The van der Waals surface area contributed by atoms with E-state index in [1.54, 1.807) is 15.7 Å². The standard InChI is InChI=1S/C15H32N4O2S.ClH/c1-15(2,16)13-18-9-11-19(12-10-18)22(20,21)17(3)14-7-5-4-6-8-14;/h14H,4-13,16H2,1-3H3;1H. The first-order valence-electron chi connectivity index (χ1n) is 8.44. The quantitative estimate of drug-likeness (QED) is 0.793. The van der Waals surface area contributed by atoms with E-state index in [0.29, 0.717) is 13.1 Å². The van der Waals surface area contributed by atoms with Crippen molar-refractivity contribution in [2.45, 2.75) is 57.5 Å². The fourth-order valence-corrected chi connectivity index (χ4v) is 5.09. The molecule has 1 saturated heterocycles. The fraction of sp³-hybridized carbons (Fsp3) is 1.00. The van der Waals surface area contributed by atoms with Gasteiger partial charge in [-0.05, 0) is 26.7 Å². The average Bonchev–Trinajstić information content (AvgIpc) is 2.46. The van der Waals surface area contributed by atoms with Crippen LogP contribution in [-0.2, 0) is 10.2 Å². The van der Waals surface area contributed by atoms with Crippen molar-refractivity contribution < 1.29 is 8.42 Å². The number of nitrogens with zero attached hydrogens (tertiary/aromatic N) is 3. The summed E-state index contributed by atoms with van der Waals surface area (Å²) < 4.78 is 28.8. The highest BCUT2D eigenvalue weighted by Gasteiger charge is 2.35. The monoisotopic (exact) mass is 368 g/mol. The van der Waals surface area contributed by atoms with Crippen LogP contribution in [0.4, 0.5) is 0 Å². The van der Waals surface area contributed by atoms with Crippen LogP contribution in [0.3, 0.4) is 0 Å². The van der Waals surface area contributed by atoms with Gasteiger partial charge in [-0.3, -0.25) is 4.90 Å². The highest BCUT2D eigenvalue weighted by atomic mass is 35.5. The smallest absolute Gasteiger partial charge is 0.282 e. The van der Waals surface area contributed by atoms with Gasteiger partial charge in [0.1, 0.15) is 0 Å². The van der Waals surface area contributed by atoms with Crippen LogP contribution >= 0.6 is 12.4 Å². The van der Waals surface area contributed by atoms with Gasteiger partial charge in [-0.25, -0.2) is 0 Å². The highest BCUT2D eigenvalue weighted by Crippen LogP contribution is 2.25. The maximum Gasteiger partial charge on any atom is 0.282 e. The van der Waals surface area contributed by atoms with Crippen molar-refractivity contribution in [1.82, 2.24) is 13.5 Å². The normalized spacial score (nSPS) is 23.0. The first-order chi connectivity index (χ1) is 10.2. The van der Waals surface area contributed by atoms with Crippen molar-refractivity contribution in [3.8, 4) is 0 Å². The molecule has 23 heavy (non-hydrogen) atoms. The summed E-state index contributed by atoms with van der Waals surface area (Å²) in [6.07, 6.45) is 5.51. The summed E-state index contributed by atoms with van der Waals surface area (Å²) in [6, 6.07) is 0.180. The van der Waals surface area contributed by atoms with Crippen molar-refractivity contribution in [3.05, 3.63) is 0 Å². The zero-order valence-corrected chi connectivity index (χ0v) is 16.3. The van der Waals surface area contributed by atoms with E-state index in [1.807, 2.05) is 13.8 Å². The summed E-state index contributed by atoms with van der Waals surface area (Å²) in [6.45, 7) is 7.47. The lowest BCUT2D eigenvalue weighted by atomic mass is 9.96. The Bertz CT molecular complexity index is 453. The number of hydrogen-bond donors (Lipinski definition) is 1. The minimum atomic E-state index is -3.32. The third kappa shape index (κ3) is 5.83. The van der Waals surface area contributed by atoms with Crippen LogP contribution in [0, 0.1) is 0 Å². The van der Waals surface area contributed by atoms with Crippen LogP contribution in [0.25, 0.3) is 0 Å². The van der Waals surface area contributed by atoms with Gasteiger partial charge in [0.2, 0.25) is 0 Å². The van der Waals surface area contributed by atoms with Gasteiger partial charge in [-0.2, -0.15) is 17.0 Å². The molecule has 2 fully saturated rings. The van der Waals surface area contributed by atoms with Crippen molar-refractivity contribution in [2.24, 2.45) is 5.73 Å². The van der Waals surface area contributed by atoms with Crippen LogP contribution in [0.2, 0.25) is 0 Å². The van der Waals surface area contributed by atoms with Crippen LogP contribution in [0.1, 0.15) is 46.0 Å². The van der Waals surface area contributed by atoms with Crippen molar-refractivity contribution in [2.75, 3.05) is 39.8 Å². The third-order valence-electron chi connectivity index (χ3n) is 4.74. The molecular weight excluding hydrogens is 336 g/mol. The predicted molar refractivity (Wildman–Crippen MR) is 97.1 cm³/mol. The summed E-state index contributed by atoms with van der Waals surface area (Å²) in [7, 11) is -1.57. The first kappa shape index (κ1) is 21.1. The maximum atomic E-state index is 12.8. The molecule has 0 spiro atoms. The van der Waals surface area contributed by atoms with Crippen molar-refractivity contribution in [1.29, 1.82) is 0 Å². The summed E-state index contributed by atoms with van der Waals surface area (Å²) in [5.41, 5.74) is 5.81. The Kier molecular flexibility index (Phi) is 7.76. The van der Waals surface area contributed by atoms with Crippen LogP contribution < -0.4 is 5.73 Å². The van der Waals surface area contributed by atoms with Gasteiger partial charge in [0, 0.05) is 51.4 Å². The summed E-state index contributed by atoms with van der Waals surface area (Å²) in [5.74, 6) is 0. The number of piperazine rings is 1. The molecule has 2 aliphatic rings. The Balaban J connectivity index is 0.00000264. The molecule has 0 atom stereocenters. The van der Waals surface area contributed by atoms with Crippen molar-refractivity contribution in [3.63, 3.8) is 0 Å². The van der Waals surface area contributed by atoms with E-state index in [2.05, 4.69) is 4.90 Å². The molecule has 6 nitrogen and oxygen atoms in total. The largest absolute Gasteiger partial charge is 0.324 e. The molecule has 8 heteroatoms. The first-order valence-corrected chi connectivity index (χ1v) is 9.84. The van der Waals surface area contributed by atoms with E-state index in [9.17, 15) is 8.42 Å². The summed E-state index contributed by atoms with van der Waals surface area (Å²) in [5, 5.41) is 0. The van der Waals surface area contributed by atoms with E-state index < -0.39 is 10.2 Å². The van der Waals surface area contributed by atoms with E-state index >= 15 is 0 Å². The van der Waals surface area contributed by atoms with E-state index in [0.717, 1.165) is 45.3 Å². The molecule has 138 valence electrons. The van der Waals surface area contributed by atoms with E-state index in [1.165, 1.54) is 6.42 Å². The lowest BCUT2D eigenvalue weighted by Crippen LogP contribution is -2.56. The Hall–Kier alpha value is 0.0800. The molecule has 0 aromatic heterocycles. The number of nitrogens with two attached hydrogens (primary N) is 1. The molecule has 2 N–H and O–H groups in total. The lowest BCUT2D eigenvalue weighted by molar-refractivity contribution is 0.154. The minimum absolute atomic E-state index is 0. The second kappa shape index (κ2) is 8.45. The minimum Gasteiger partial charge on any atom is -0.324 e. The highest BCUT2D eigenvalue weighted by molar-refractivity contribution is 7.86. The topological polar surface area (TPSA) is 69.9 Å². The Morgan fingerprint density at radius 1 is 1.09 bits per heavy atom. The SMILES string of the molecule is CN(C1CCCCC1)S(=O)(=O)N1CCN(CC(C)(C)N)CC1.Cl. The van der Waals surface area contributed by atoms with Crippen LogP contribution in [0.5, 0.6) is 0 Å². The Morgan fingerprint density at radius 3 is 2.09 bits per heavy atom. The Labute approximate surface area is 148 Å². The molecule has 0 aromatic rings. The number of rotatable bonds is 5. The van der Waals surface area contributed by atoms with Gasteiger partial charge in [-0.1, -0.05) is 19.3 Å². The second-order valence-electron chi connectivity index (χ2n) is 7.48. The van der Waals surface area contributed by atoms with Gasteiger partial charge >= 0.3 is 0 Å². The molecular formula is C15H33ClN4O2S. The van der Waals surface area contributed by atoms with Gasteiger partial charge < -0.3 is 5.73 Å². The molecule has 0 unspecified atom stereocenters. The average molecular weight is 369 g/mol. The van der Waals surface area contributed by atoms with Gasteiger partial charge in [0.25, 0.3) is 10.2 Å². The van der Waals surface area contributed by atoms with E-state index in [4.69, 9.17) is 5.73 Å². The molecule has 0 aromatic carbocycles. The molecule has 1 heterocycles. The number of hydrogen-bond acceptors (Lipinski definition) is 4. The zero-order chi connectivity index (χ0) is 16.4. The molecule has 1 aliphatic carbocycles. The summed E-state index contributed by atoms with van der Waals surface area (Å²) in [4.78, 5) is 2.26. The van der Waals surface area contributed by atoms with Crippen molar-refractivity contribution >= 4 is 22.6 Å².